The Morgan fingerprint density at radius 2 is 1.86 bits per heavy atom. The molecule has 0 fully saturated rings. The van der Waals surface area contributed by atoms with E-state index in [-0.39, 0.29) is 0 Å². The molecule has 0 N–H and O–H groups in total. The largest absolute Gasteiger partial charge is 0.197 e. The first-order chi connectivity index (χ1) is 6.61. The molecule has 1 aromatic carbocycles. The molecule has 0 aliphatic heterocycles. The Kier molecular flexibility index (Phi) is 3.12. The van der Waals surface area contributed by atoms with Gasteiger partial charge >= 0.3 is 0 Å². The molecular formula is C11H9ClN2. The summed E-state index contributed by atoms with van der Waals surface area (Å²) in [5, 5.41) is 18.2. The summed E-state index contributed by atoms with van der Waals surface area (Å²) in [4.78, 5) is 0. The zero-order valence-corrected chi connectivity index (χ0v) is 8.54. The minimum absolute atomic E-state index is 0.361. The molecule has 0 aromatic heterocycles. The van der Waals surface area contributed by atoms with Gasteiger partial charge in [-0.1, -0.05) is 29.8 Å². The van der Waals surface area contributed by atoms with Crippen LogP contribution < -0.4 is 0 Å². The Hall–Kier alpha value is -1.51. The van der Waals surface area contributed by atoms with Crippen molar-refractivity contribution in [2.24, 2.45) is 5.41 Å². The highest BCUT2D eigenvalue weighted by molar-refractivity contribution is 6.31. The van der Waals surface area contributed by atoms with Gasteiger partial charge in [0.2, 0.25) is 0 Å². The van der Waals surface area contributed by atoms with Crippen molar-refractivity contribution >= 4 is 11.6 Å². The lowest BCUT2D eigenvalue weighted by Crippen LogP contribution is -2.14. The number of halogens is 1. The van der Waals surface area contributed by atoms with Crippen LogP contribution in [0.25, 0.3) is 0 Å². The molecule has 70 valence electrons. The highest BCUT2D eigenvalue weighted by Gasteiger charge is 2.24. The number of hydrogen-bond donors (Lipinski definition) is 0. The van der Waals surface area contributed by atoms with Crippen LogP contribution in [0.5, 0.6) is 0 Å². The SMILES string of the molecule is CC(C#N)(C#N)Cc1ccccc1Cl. The van der Waals surface area contributed by atoms with Gasteiger partial charge in [-0.3, -0.25) is 0 Å². The minimum atomic E-state index is -0.995. The van der Waals surface area contributed by atoms with Gasteiger partial charge in [0.1, 0.15) is 5.41 Å². The quantitative estimate of drug-likeness (QED) is 0.744. The van der Waals surface area contributed by atoms with E-state index < -0.39 is 5.41 Å². The van der Waals surface area contributed by atoms with Gasteiger partial charge in [0.05, 0.1) is 12.1 Å². The standard InChI is InChI=1S/C11H9ClN2/c1-11(7-13,8-14)6-9-4-2-3-5-10(9)12/h2-5H,6H2,1H3. The van der Waals surface area contributed by atoms with Gasteiger partial charge in [-0.05, 0) is 18.6 Å². The number of rotatable bonds is 2. The summed E-state index contributed by atoms with van der Waals surface area (Å²) in [7, 11) is 0. The average molecular weight is 205 g/mol. The number of nitrogens with zero attached hydrogens (tertiary/aromatic N) is 2. The van der Waals surface area contributed by atoms with E-state index in [0.717, 1.165) is 5.56 Å². The van der Waals surface area contributed by atoms with E-state index in [1.165, 1.54) is 0 Å². The monoisotopic (exact) mass is 204 g/mol. The van der Waals surface area contributed by atoms with Crippen LogP contribution in [-0.2, 0) is 6.42 Å². The van der Waals surface area contributed by atoms with Crippen LogP contribution in [-0.4, -0.2) is 0 Å². The molecule has 3 heteroatoms. The summed E-state index contributed by atoms with van der Waals surface area (Å²) in [6.07, 6.45) is 0.361. The molecular weight excluding hydrogens is 196 g/mol. The topological polar surface area (TPSA) is 47.6 Å². The zero-order chi connectivity index (χ0) is 10.6. The number of hydrogen-bond acceptors (Lipinski definition) is 2. The first kappa shape index (κ1) is 10.6. The first-order valence-corrected chi connectivity index (χ1v) is 4.55. The van der Waals surface area contributed by atoms with Crippen LogP contribution in [0.1, 0.15) is 12.5 Å². The summed E-state index contributed by atoms with van der Waals surface area (Å²) < 4.78 is 0. The van der Waals surface area contributed by atoms with E-state index in [0.29, 0.717) is 11.4 Å². The maximum atomic E-state index is 8.82. The lowest BCUT2D eigenvalue weighted by atomic mass is 9.87. The predicted molar refractivity (Wildman–Crippen MR) is 54.5 cm³/mol. The molecule has 0 saturated carbocycles. The molecule has 2 nitrogen and oxygen atoms in total. The third kappa shape index (κ3) is 2.25. The Bertz CT molecular complexity index is 398. The van der Waals surface area contributed by atoms with Crippen molar-refractivity contribution in [3.8, 4) is 12.1 Å². The van der Waals surface area contributed by atoms with Crippen LogP contribution in [0.3, 0.4) is 0 Å². The summed E-state index contributed by atoms with van der Waals surface area (Å²) in [6, 6.07) is 11.2. The highest BCUT2D eigenvalue weighted by atomic mass is 35.5. The lowest BCUT2D eigenvalue weighted by molar-refractivity contribution is 0.581. The van der Waals surface area contributed by atoms with Gasteiger partial charge < -0.3 is 0 Å². The van der Waals surface area contributed by atoms with E-state index in [1.807, 2.05) is 30.3 Å². The molecule has 1 rings (SSSR count). The smallest absolute Gasteiger partial charge is 0.145 e. The van der Waals surface area contributed by atoms with E-state index >= 15 is 0 Å². The minimum Gasteiger partial charge on any atom is -0.197 e. The average Bonchev–Trinajstić information content (AvgIpc) is 2.21. The molecule has 0 atom stereocenters. The molecule has 14 heavy (non-hydrogen) atoms. The van der Waals surface area contributed by atoms with Crippen LogP contribution in [0, 0.1) is 28.1 Å². The summed E-state index contributed by atoms with van der Waals surface area (Å²) in [5.41, 5.74) is -0.162. The van der Waals surface area contributed by atoms with Crippen LogP contribution >= 0.6 is 11.6 Å². The van der Waals surface area contributed by atoms with Gasteiger partial charge in [0, 0.05) is 11.4 Å². The normalized spacial score (nSPS) is 10.3. The van der Waals surface area contributed by atoms with Crippen LogP contribution in [0.4, 0.5) is 0 Å². The van der Waals surface area contributed by atoms with Crippen molar-refractivity contribution in [2.75, 3.05) is 0 Å². The zero-order valence-electron chi connectivity index (χ0n) is 7.79. The predicted octanol–water partition coefficient (Wildman–Crippen LogP) is 2.94. The molecule has 0 aliphatic carbocycles. The van der Waals surface area contributed by atoms with E-state index in [4.69, 9.17) is 22.1 Å². The van der Waals surface area contributed by atoms with Gasteiger partial charge in [-0.2, -0.15) is 10.5 Å². The van der Waals surface area contributed by atoms with Gasteiger partial charge in [0.15, 0.2) is 0 Å². The van der Waals surface area contributed by atoms with Gasteiger partial charge in [0.25, 0.3) is 0 Å². The maximum Gasteiger partial charge on any atom is 0.145 e. The Labute approximate surface area is 88.3 Å². The molecule has 0 unspecified atom stereocenters. The van der Waals surface area contributed by atoms with Crippen molar-refractivity contribution in [2.45, 2.75) is 13.3 Å². The van der Waals surface area contributed by atoms with Crippen LogP contribution in [0.15, 0.2) is 24.3 Å². The second kappa shape index (κ2) is 4.13. The van der Waals surface area contributed by atoms with Crippen molar-refractivity contribution in [1.29, 1.82) is 10.5 Å². The molecule has 0 spiro atoms. The van der Waals surface area contributed by atoms with Crippen molar-refractivity contribution in [3.05, 3.63) is 34.9 Å². The third-order valence-corrected chi connectivity index (χ3v) is 2.36. The molecule has 0 saturated heterocycles. The molecule has 0 amide bonds. The maximum absolute atomic E-state index is 8.82. The number of nitriles is 2. The fourth-order valence-electron chi connectivity index (χ4n) is 1.13. The second-order valence-corrected chi connectivity index (χ2v) is 3.73. The lowest BCUT2D eigenvalue weighted by Gasteiger charge is -2.12. The fourth-order valence-corrected chi connectivity index (χ4v) is 1.33. The van der Waals surface area contributed by atoms with Crippen molar-refractivity contribution in [1.82, 2.24) is 0 Å². The van der Waals surface area contributed by atoms with Crippen molar-refractivity contribution in [3.63, 3.8) is 0 Å². The summed E-state index contributed by atoms with van der Waals surface area (Å²) in [5.74, 6) is 0. The Morgan fingerprint density at radius 3 is 2.36 bits per heavy atom. The molecule has 0 bridgehead atoms. The number of benzene rings is 1. The van der Waals surface area contributed by atoms with Crippen molar-refractivity contribution < 1.29 is 0 Å². The fraction of sp³-hybridized carbons (Fsp3) is 0.273. The second-order valence-electron chi connectivity index (χ2n) is 3.32. The Morgan fingerprint density at radius 1 is 1.29 bits per heavy atom. The summed E-state index contributed by atoms with van der Waals surface area (Å²) >= 11 is 5.93. The van der Waals surface area contributed by atoms with E-state index in [9.17, 15) is 0 Å². The van der Waals surface area contributed by atoms with Gasteiger partial charge in [-0.25, -0.2) is 0 Å². The summed E-state index contributed by atoms with van der Waals surface area (Å²) in [6.45, 7) is 1.61. The molecule has 0 radical (unpaired) electrons. The van der Waals surface area contributed by atoms with Gasteiger partial charge in [-0.15, -0.1) is 0 Å². The first-order valence-electron chi connectivity index (χ1n) is 4.17. The third-order valence-electron chi connectivity index (χ3n) is 2.00. The Balaban J connectivity index is 2.97. The molecule has 0 heterocycles. The van der Waals surface area contributed by atoms with Crippen LogP contribution in [0.2, 0.25) is 5.02 Å². The van der Waals surface area contributed by atoms with E-state index in [1.54, 1.807) is 13.0 Å². The molecule has 0 aliphatic rings. The highest BCUT2D eigenvalue weighted by Crippen LogP contribution is 2.25. The molecule has 1 aromatic rings. The van der Waals surface area contributed by atoms with E-state index in [2.05, 4.69) is 0 Å².